The molecule has 4 aliphatic carbocycles. The van der Waals surface area contributed by atoms with Crippen LogP contribution < -0.4 is 0 Å². The van der Waals surface area contributed by atoms with Crippen LogP contribution in [0.2, 0.25) is 0 Å². The number of aldehydes is 1. The summed E-state index contributed by atoms with van der Waals surface area (Å²) in [4.78, 5) is 14.7. The average Bonchev–Trinajstić information content (AvgIpc) is 2.39. The topological polar surface area (TPSA) is 20.3 Å². The van der Waals surface area contributed by atoms with E-state index in [1.807, 2.05) is 0 Å². The van der Waals surface area contributed by atoms with Gasteiger partial charge in [-0.1, -0.05) is 6.42 Å². The molecule has 0 spiro atoms. The van der Waals surface area contributed by atoms with E-state index in [2.05, 4.69) is 11.8 Å². The Labute approximate surface area is 116 Å². The van der Waals surface area contributed by atoms with Crippen LogP contribution in [0.25, 0.3) is 0 Å². The number of likely N-dealkylation sites (tertiary alicyclic amines) is 1. The first-order valence-corrected chi connectivity index (χ1v) is 8.44. The average molecular weight is 261 g/mol. The third-order valence-electron chi connectivity index (χ3n) is 6.76. The van der Waals surface area contributed by atoms with Gasteiger partial charge in [0, 0.05) is 17.5 Å². The van der Waals surface area contributed by atoms with Crippen molar-refractivity contribution in [3.05, 3.63) is 0 Å². The van der Waals surface area contributed by atoms with Crippen molar-refractivity contribution in [2.24, 2.45) is 23.2 Å². The van der Waals surface area contributed by atoms with Crippen LogP contribution >= 0.6 is 0 Å². The molecule has 4 unspecified atom stereocenters. The molecule has 4 bridgehead atoms. The smallest absolute Gasteiger partial charge is 0.127 e. The number of carbonyl (C=O) groups excluding carboxylic acids is 1. The lowest BCUT2D eigenvalue weighted by atomic mass is 9.47. The Kier molecular flexibility index (Phi) is 2.81. The van der Waals surface area contributed by atoms with E-state index in [1.54, 1.807) is 0 Å². The van der Waals surface area contributed by atoms with E-state index in [4.69, 9.17) is 0 Å². The summed E-state index contributed by atoms with van der Waals surface area (Å²) in [5.41, 5.74) is 0.0420. The zero-order chi connectivity index (χ0) is 13.0. The van der Waals surface area contributed by atoms with Crippen molar-refractivity contribution in [1.82, 2.24) is 4.90 Å². The van der Waals surface area contributed by atoms with Gasteiger partial charge < -0.3 is 4.79 Å². The van der Waals surface area contributed by atoms with Crippen LogP contribution in [-0.4, -0.2) is 29.8 Å². The van der Waals surface area contributed by atoms with E-state index in [0.29, 0.717) is 12.1 Å². The Morgan fingerprint density at radius 2 is 1.84 bits per heavy atom. The molecule has 2 nitrogen and oxygen atoms in total. The molecule has 2 heteroatoms. The maximum absolute atomic E-state index is 12.0. The predicted molar refractivity (Wildman–Crippen MR) is 75.9 cm³/mol. The third-order valence-corrected chi connectivity index (χ3v) is 6.76. The maximum Gasteiger partial charge on any atom is 0.127 e. The molecule has 5 fully saturated rings. The molecule has 0 N–H and O–H groups in total. The van der Waals surface area contributed by atoms with Crippen LogP contribution in [0.3, 0.4) is 0 Å². The Morgan fingerprint density at radius 1 is 1.11 bits per heavy atom. The summed E-state index contributed by atoms with van der Waals surface area (Å²) < 4.78 is 0. The molecule has 1 aliphatic heterocycles. The molecule has 19 heavy (non-hydrogen) atoms. The highest BCUT2D eigenvalue weighted by atomic mass is 16.1. The number of nitrogens with zero attached hydrogens (tertiary/aromatic N) is 1. The van der Waals surface area contributed by atoms with Crippen molar-refractivity contribution in [3.63, 3.8) is 0 Å². The van der Waals surface area contributed by atoms with E-state index in [9.17, 15) is 4.79 Å². The summed E-state index contributed by atoms with van der Waals surface area (Å²) in [6.45, 7) is 3.63. The van der Waals surface area contributed by atoms with Crippen molar-refractivity contribution >= 4 is 6.29 Å². The quantitative estimate of drug-likeness (QED) is 0.711. The Morgan fingerprint density at radius 3 is 2.47 bits per heavy atom. The van der Waals surface area contributed by atoms with Gasteiger partial charge in [0.2, 0.25) is 0 Å². The van der Waals surface area contributed by atoms with E-state index in [0.717, 1.165) is 17.8 Å². The van der Waals surface area contributed by atoms with Gasteiger partial charge in [0.25, 0.3) is 0 Å². The van der Waals surface area contributed by atoms with Gasteiger partial charge in [0.05, 0.1) is 0 Å². The van der Waals surface area contributed by atoms with E-state index in [-0.39, 0.29) is 5.41 Å². The summed E-state index contributed by atoms with van der Waals surface area (Å²) >= 11 is 0. The zero-order valence-corrected chi connectivity index (χ0v) is 12.2. The van der Waals surface area contributed by atoms with Gasteiger partial charge in [0.1, 0.15) is 6.29 Å². The van der Waals surface area contributed by atoms with Crippen molar-refractivity contribution in [2.45, 2.75) is 70.4 Å². The molecule has 0 aromatic rings. The van der Waals surface area contributed by atoms with Crippen LogP contribution in [-0.2, 0) is 4.79 Å². The van der Waals surface area contributed by atoms with Crippen molar-refractivity contribution in [3.8, 4) is 0 Å². The number of carbonyl (C=O) groups is 1. The standard InChI is InChI=1S/C17H27NO/c1-12-4-2-3-5-18(12)16-15-7-13-6-14(8-15)10-17(16,9-13)11-19/h11-16H,2-10H2,1H3. The lowest BCUT2D eigenvalue weighted by Gasteiger charge is -2.63. The second-order valence-electron chi connectivity index (χ2n) is 7.99. The first-order chi connectivity index (χ1) is 9.22. The Bertz CT molecular complexity index is 365. The zero-order valence-electron chi connectivity index (χ0n) is 12.2. The fraction of sp³-hybridized carbons (Fsp3) is 0.941. The third kappa shape index (κ3) is 1.75. The van der Waals surface area contributed by atoms with Crippen LogP contribution in [0.1, 0.15) is 58.3 Å². The van der Waals surface area contributed by atoms with E-state index >= 15 is 0 Å². The normalized spacial score (nSPS) is 53.4. The number of piperidine rings is 1. The molecule has 0 aromatic heterocycles. The van der Waals surface area contributed by atoms with Crippen LogP contribution in [0.15, 0.2) is 0 Å². The highest BCUT2D eigenvalue weighted by molar-refractivity contribution is 5.62. The first-order valence-electron chi connectivity index (χ1n) is 8.44. The maximum atomic E-state index is 12.0. The summed E-state index contributed by atoms with van der Waals surface area (Å²) in [7, 11) is 0. The van der Waals surface area contributed by atoms with E-state index in [1.165, 1.54) is 64.2 Å². The highest BCUT2D eigenvalue weighted by Gasteiger charge is 2.59. The minimum absolute atomic E-state index is 0.0420. The first kappa shape index (κ1) is 12.4. The van der Waals surface area contributed by atoms with Crippen molar-refractivity contribution in [1.29, 1.82) is 0 Å². The van der Waals surface area contributed by atoms with Crippen LogP contribution in [0.5, 0.6) is 0 Å². The second-order valence-corrected chi connectivity index (χ2v) is 7.99. The number of rotatable bonds is 2. The van der Waals surface area contributed by atoms with Gasteiger partial charge in [-0.15, -0.1) is 0 Å². The molecule has 4 atom stereocenters. The van der Waals surface area contributed by atoms with E-state index < -0.39 is 0 Å². The summed E-state index contributed by atoms with van der Waals surface area (Å²) in [6, 6.07) is 1.29. The second kappa shape index (κ2) is 4.31. The largest absolute Gasteiger partial charge is 0.303 e. The molecule has 5 aliphatic rings. The van der Waals surface area contributed by atoms with Crippen molar-refractivity contribution < 1.29 is 4.79 Å². The summed E-state index contributed by atoms with van der Waals surface area (Å²) in [5.74, 6) is 2.58. The van der Waals surface area contributed by atoms with Gasteiger partial charge >= 0.3 is 0 Å². The lowest BCUT2D eigenvalue weighted by Crippen LogP contribution is -2.65. The molecule has 4 saturated carbocycles. The lowest BCUT2D eigenvalue weighted by molar-refractivity contribution is -0.156. The molecular formula is C17H27NO. The fourth-order valence-electron chi connectivity index (χ4n) is 6.38. The molecule has 1 saturated heterocycles. The minimum atomic E-state index is 0.0420. The summed E-state index contributed by atoms with van der Waals surface area (Å²) in [6.07, 6.45) is 12.1. The molecular weight excluding hydrogens is 234 g/mol. The fourth-order valence-corrected chi connectivity index (χ4v) is 6.38. The SMILES string of the molecule is CC1CCCCN1C1C2CC3CC(C2)CC1(C=O)C3. The monoisotopic (exact) mass is 261 g/mol. The van der Waals surface area contributed by atoms with Crippen molar-refractivity contribution in [2.75, 3.05) is 6.54 Å². The van der Waals surface area contributed by atoms with Gasteiger partial charge in [-0.3, -0.25) is 4.90 Å². The van der Waals surface area contributed by atoms with Gasteiger partial charge in [-0.2, -0.15) is 0 Å². The molecule has 5 rings (SSSR count). The molecule has 0 aromatic carbocycles. The molecule has 1 heterocycles. The Hall–Kier alpha value is -0.370. The molecule has 0 amide bonds. The van der Waals surface area contributed by atoms with Crippen LogP contribution in [0.4, 0.5) is 0 Å². The Balaban J connectivity index is 1.68. The van der Waals surface area contributed by atoms with Gasteiger partial charge in [-0.25, -0.2) is 0 Å². The minimum Gasteiger partial charge on any atom is -0.303 e. The van der Waals surface area contributed by atoms with Gasteiger partial charge in [-0.05, 0) is 76.2 Å². The van der Waals surface area contributed by atoms with Crippen LogP contribution in [0, 0.1) is 23.2 Å². The summed E-state index contributed by atoms with van der Waals surface area (Å²) in [5, 5.41) is 0. The molecule has 0 radical (unpaired) electrons. The molecule has 106 valence electrons. The number of hydrogen-bond donors (Lipinski definition) is 0. The predicted octanol–water partition coefficient (Wildman–Crippen LogP) is 3.25. The van der Waals surface area contributed by atoms with Gasteiger partial charge in [0.15, 0.2) is 0 Å². The highest BCUT2D eigenvalue weighted by Crippen LogP contribution is 2.61. The number of hydrogen-bond acceptors (Lipinski definition) is 2.